The van der Waals surface area contributed by atoms with Crippen molar-refractivity contribution in [3.63, 3.8) is 0 Å². The van der Waals surface area contributed by atoms with E-state index in [2.05, 4.69) is 63.2 Å². The fourth-order valence-corrected chi connectivity index (χ4v) is 2.06. The van der Waals surface area contributed by atoms with Crippen LogP contribution >= 0.6 is 0 Å². The van der Waals surface area contributed by atoms with Gasteiger partial charge in [0, 0.05) is 8.07 Å². The zero-order chi connectivity index (χ0) is 10.5. The maximum Gasteiger partial charge on any atom is 3.00 e. The topological polar surface area (TPSA) is 0 Å². The quantitative estimate of drug-likeness (QED) is 0.308. The number of rotatable bonds is 4. The minimum Gasteiger partial charge on any atom is -1.00 e. The summed E-state index contributed by atoms with van der Waals surface area (Å²) in [6.07, 6.45) is 7.56. The van der Waals surface area contributed by atoms with E-state index in [9.17, 15) is 0 Å². The second-order valence-corrected chi connectivity index (χ2v) is 16.4. The Bertz CT molecular complexity index is 203. The Morgan fingerprint density at radius 2 is 1.38 bits per heavy atom. The SMILES string of the molecule is C[Si](C)(C)C=C[C-]=CC[Si](C)(C)C.[Cl-].[Cl-].[Zr+3]. The molecule has 0 N–H and O–H groups in total. The van der Waals surface area contributed by atoms with Gasteiger partial charge in [0.05, 0.1) is 0 Å². The van der Waals surface area contributed by atoms with Crippen LogP contribution in [0.1, 0.15) is 0 Å². The molecule has 0 aliphatic carbocycles. The average Bonchev–Trinajstić information content (AvgIpc) is 1.81. The van der Waals surface area contributed by atoms with Gasteiger partial charge in [-0.3, -0.25) is 6.08 Å². The Morgan fingerprint density at radius 3 is 1.69 bits per heavy atom. The van der Waals surface area contributed by atoms with E-state index in [1.165, 1.54) is 6.04 Å². The van der Waals surface area contributed by atoms with E-state index < -0.39 is 16.1 Å². The van der Waals surface area contributed by atoms with E-state index in [4.69, 9.17) is 0 Å². The number of allylic oxidation sites excluding steroid dienone is 3. The van der Waals surface area contributed by atoms with Gasteiger partial charge in [-0.05, 0) is 8.07 Å². The first kappa shape index (κ1) is 26.0. The number of hydrogen-bond acceptors (Lipinski definition) is 0. The largest absolute Gasteiger partial charge is 3.00 e. The Morgan fingerprint density at radius 1 is 0.938 bits per heavy atom. The molecule has 16 heavy (non-hydrogen) atoms. The van der Waals surface area contributed by atoms with E-state index >= 15 is 0 Å². The van der Waals surface area contributed by atoms with Crippen LogP contribution in [0.4, 0.5) is 0 Å². The monoisotopic (exact) mass is 371 g/mol. The van der Waals surface area contributed by atoms with Gasteiger partial charge in [0.2, 0.25) is 0 Å². The third-order valence-corrected chi connectivity index (χ3v) is 4.11. The summed E-state index contributed by atoms with van der Waals surface area (Å²) in [6.45, 7) is 14.2. The third kappa shape index (κ3) is 24.6. The molecule has 0 nitrogen and oxygen atoms in total. The van der Waals surface area contributed by atoms with E-state index in [1.54, 1.807) is 0 Å². The van der Waals surface area contributed by atoms with Gasteiger partial charge in [-0.2, -0.15) is 6.08 Å². The van der Waals surface area contributed by atoms with Gasteiger partial charge in [-0.15, -0.1) is 0 Å². The zero-order valence-corrected chi connectivity index (χ0v) is 17.2. The maximum absolute atomic E-state index is 3.26. The molecule has 0 spiro atoms. The Balaban J connectivity index is -0.000000240. The summed E-state index contributed by atoms with van der Waals surface area (Å²) in [5.74, 6) is 0. The molecule has 1 radical (unpaired) electrons. The van der Waals surface area contributed by atoms with E-state index in [0.29, 0.717) is 0 Å². The molecule has 0 saturated carbocycles. The zero-order valence-electron chi connectivity index (χ0n) is 11.2. The van der Waals surface area contributed by atoms with Crippen molar-refractivity contribution in [3.8, 4) is 0 Å². The fourth-order valence-electron chi connectivity index (χ4n) is 0.731. The standard InChI is InChI=1S/C11H23Si2.2ClH.Zr/c1-12(2,3)10-8-7-9-11-13(4,5)6;;;/h8-10H,11H2,1-6H3;2*1H;/q-1;;;+3/p-2. The molecule has 0 aliphatic heterocycles. The predicted molar refractivity (Wildman–Crippen MR) is 68.5 cm³/mol. The Kier molecular flexibility index (Phi) is 18.7. The van der Waals surface area contributed by atoms with Crippen molar-refractivity contribution in [1.29, 1.82) is 0 Å². The molecule has 0 aromatic rings. The summed E-state index contributed by atoms with van der Waals surface area (Å²) in [5.41, 5.74) is 2.33. The molecule has 0 aliphatic rings. The van der Waals surface area contributed by atoms with Crippen LogP contribution < -0.4 is 24.8 Å². The van der Waals surface area contributed by atoms with Crippen molar-refractivity contribution in [2.75, 3.05) is 0 Å². The van der Waals surface area contributed by atoms with E-state index in [0.717, 1.165) is 0 Å². The van der Waals surface area contributed by atoms with Gasteiger partial charge in [0.1, 0.15) is 0 Å². The molecule has 0 atom stereocenters. The van der Waals surface area contributed by atoms with Crippen LogP contribution in [0.15, 0.2) is 17.9 Å². The van der Waals surface area contributed by atoms with Gasteiger partial charge in [0.25, 0.3) is 0 Å². The molecule has 5 heteroatoms. The van der Waals surface area contributed by atoms with Gasteiger partial charge in [-0.25, -0.2) is 11.8 Å². The molecule has 0 fully saturated rings. The van der Waals surface area contributed by atoms with Gasteiger partial charge in [-0.1, -0.05) is 45.3 Å². The van der Waals surface area contributed by atoms with Crippen LogP contribution in [0.3, 0.4) is 0 Å². The first-order valence-electron chi connectivity index (χ1n) is 4.96. The van der Waals surface area contributed by atoms with Gasteiger partial charge >= 0.3 is 26.2 Å². The van der Waals surface area contributed by atoms with Crippen molar-refractivity contribution in [3.05, 3.63) is 23.9 Å². The second kappa shape index (κ2) is 11.5. The molecule has 0 rings (SSSR count). The molecule has 0 unspecified atom stereocenters. The van der Waals surface area contributed by atoms with Crippen LogP contribution in [-0.2, 0) is 26.2 Å². The summed E-state index contributed by atoms with van der Waals surface area (Å²) in [6, 6.07) is 1.24. The molecule has 93 valence electrons. The van der Waals surface area contributed by atoms with Crippen molar-refractivity contribution in [2.24, 2.45) is 0 Å². The van der Waals surface area contributed by atoms with Crippen molar-refractivity contribution < 1.29 is 51.0 Å². The molecule has 0 amide bonds. The van der Waals surface area contributed by atoms with Gasteiger partial charge < -0.3 is 24.8 Å². The maximum atomic E-state index is 3.26. The molecule has 0 aromatic carbocycles. The Labute approximate surface area is 135 Å². The van der Waals surface area contributed by atoms with Crippen LogP contribution in [0, 0.1) is 6.08 Å². The predicted octanol–water partition coefficient (Wildman–Crippen LogP) is -1.88. The fraction of sp³-hybridized carbons (Fsp3) is 0.636. The second-order valence-electron chi connectivity index (χ2n) is 5.83. The summed E-state index contributed by atoms with van der Waals surface area (Å²) < 4.78 is 0. The smallest absolute Gasteiger partial charge is 1.00 e. The minimum atomic E-state index is -1.00. The van der Waals surface area contributed by atoms with Crippen LogP contribution in [0.2, 0.25) is 45.3 Å². The number of halogens is 2. The molecule has 0 heterocycles. The van der Waals surface area contributed by atoms with E-state index in [-0.39, 0.29) is 51.0 Å². The van der Waals surface area contributed by atoms with Crippen molar-refractivity contribution in [2.45, 2.75) is 45.3 Å². The van der Waals surface area contributed by atoms with Crippen LogP contribution in [-0.4, -0.2) is 16.1 Å². The molecular weight excluding hydrogens is 350 g/mol. The first-order chi connectivity index (χ1) is 5.71. The molecule has 0 saturated heterocycles. The van der Waals surface area contributed by atoms with Crippen molar-refractivity contribution >= 4 is 16.1 Å². The van der Waals surface area contributed by atoms with Gasteiger partial charge in [0.15, 0.2) is 0 Å². The van der Waals surface area contributed by atoms with Crippen LogP contribution in [0.25, 0.3) is 0 Å². The first-order valence-corrected chi connectivity index (χ1v) is 12.2. The summed E-state index contributed by atoms with van der Waals surface area (Å²) in [7, 11) is -1.90. The van der Waals surface area contributed by atoms with E-state index in [1.807, 2.05) is 0 Å². The van der Waals surface area contributed by atoms with Crippen LogP contribution in [0.5, 0.6) is 0 Å². The normalized spacial score (nSPS) is 11.9. The van der Waals surface area contributed by atoms with Crippen molar-refractivity contribution in [1.82, 2.24) is 0 Å². The minimum absolute atomic E-state index is 0. The third-order valence-electron chi connectivity index (χ3n) is 1.51. The molecular formula is C11H23Cl2Si2Zr. The molecule has 0 aromatic heterocycles. The summed E-state index contributed by atoms with van der Waals surface area (Å²) in [5, 5.41) is 0. The summed E-state index contributed by atoms with van der Waals surface area (Å²) in [4.78, 5) is 0. The average molecular weight is 374 g/mol. The number of hydrogen-bond donors (Lipinski definition) is 0. The molecule has 0 bridgehead atoms. The summed E-state index contributed by atoms with van der Waals surface area (Å²) >= 11 is 0. The Hall–Kier alpha value is 1.38.